The fraction of sp³-hybridized carbons (Fsp3) is 0.208. The Balaban J connectivity index is 1.59. The van der Waals surface area contributed by atoms with Crippen LogP contribution in [0, 0.1) is 5.82 Å². The predicted molar refractivity (Wildman–Crippen MR) is 121 cm³/mol. The van der Waals surface area contributed by atoms with E-state index in [9.17, 15) is 14.0 Å². The molecule has 0 saturated heterocycles. The number of hydrazone groups is 1. The molecule has 0 radical (unpaired) electrons. The van der Waals surface area contributed by atoms with E-state index in [0.29, 0.717) is 11.4 Å². The average Bonchev–Trinajstić information content (AvgIpc) is 3.40. The van der Waals surface area contributed by atoms with Gasteiger partial charge in [-0.15, -0.1) is 0 Å². The van der Waals surface area contributed by atoms with E-state index in [1.54, 1.807) is 18.2 Å². The number of benzene rings is 2. The highest BCUT2D eigenvalue weighted by atomic mass is 35.5. The summed E-state index contributed by atoms with van der Waals surface area (Å²) in [5.74, 6) is -1.55. The van der Waals surface area contributed by atoms with Gasteiger partial charge in [-0.25, -0.2) is 9.40 Å². The number of halogens is 2. The minimum atomic E-state index is -0.624. The van der Waals surface area contributed by atoms with E-state index in [-0.39, 0.29) is 24.1 Å². The molecule has 0 spiro atoms. The third-order valence-electron chi connectivity index (χ3n) is 5.48. The second-order valence-corrected chi connectivity index (χ2v) is 8.14. The molecule has 3 aromatic rings. The van der Waals surface area contributed by atoms with Gasteiger partial charge in [0, 0.05) is 31.7 Å². The quantitative estimate of drug-likeness (QED) is 0.580. The maximum atomic E-state index is 14.0. The molecule has 1 aliphatic heterocycles. The van der Waals surface area contributed by atoms with E-state index in [1.807, 2.05) is 42.1 Å². The van der Waals surface area contributed by atoms with Crippen LogP contribution in [0.5, 0.6) is 0 Å². The van der Waals surface area contributed by atoms with Crippen molar-refractivity contribution < 1.29 is 14.0 Å². The van der Waals surface area contributed by atoms with E-state index >= 15 is 0 Å². The molecule has 32 heavy (non-hydrogen) atoms. The summed E-state index contributed by atoms with van der Waals surface area (Å²) in [4.78, 5) is 27.1. The molecule has 0 saturated carbocycles. The number of amides is 2. The number of hydrogen-bond acceptors (Lipinski definition) is 3. The van der Waals surface area contributed by atoms with Crippen LogP contribution < -0.4 is 0 Å². The fourth-order valence-electron chi connectivity index (χ4n) is 3.79. The summed E-state index contributed by atoms with van der Waals surface area (Å²) in [6.07, 6.45) is 2.44. The molecule has 1 aromatic heterocycles. The highest BCUT2D eigenvalue weighted by Crippen LogP contribution is 2.33. The molecule has 1 atom stereocenters. The van der Waals surface area contributed by atoms with Crippen molar-refractivity contribution in [1.82, 2.24) is 14.5 Å². The van der Waals surface area contributed by atoms with Gasteiger partial charge in [-0.05, 0) is 42.0 Å². The summed E-state index contributed by atoms with van der Waals surface area (Å²) < 4.78 is 16.0. The molecule has 2 aromatic carbocycles. The zero-order valence-corrected chi connectivity index (χ0v) is 18.5. The van der Waals surface area contributed by atoms with Crippen LogP contribution in [0.1, 0.15) is 34.1 Å². The van der Waals surface area contributed by atoms with Crippen LogP contribution in [0.4, 0.5) is 4.39 Å². The van der Waals surface area contributed by atoms with Crippen molar-refractivity contribution in [2.45, 2.75) is 12.5 Å². The Morgan fingerprint density at radius 2 is 1.84 bits per heavy atom. The van der Waals surface area contributed by atoms with Crippen LogP contribution in [0.25, 0.3) is 0 Å². The normalized spacial score (nSPS) is 15.6. The smallest absolute Gasteiger partial charge is 0.262 e. The van der Waals surface area contributed by atoms with Gasteiger partial charge in [0.2, 0.25) is 0 Å². The molecule has 164 valence electrons. The molecule has 6 nitrogen and oxygen atoms in total. The lowest BCUT2D eigenvalue weighted by molar-refractivity contribution is -0.133. The van der Waals surface area contributed by atoms with Gasteiger partial charge in [-0.2, -0.15) is 5.10 Å². The minimum absolute atomic E-state index is 0.0773. The lowest BCUT2D eigenvalue weighted by Gasteiger charge is -2.25. The number of aryl methyl sites for hydroxylation is 1. The Morgan fingerprint density at radius 3 is 2.50 bits per heavy atom. The Morgan fingerprint density at radius 1 is 1.12 bits per heavy atom. The topological polar surface area (TPSA) is 57.9 Å². The predicted octanol–water partition coefficient (Wildman–Crippen LogP) is 4.27. The molecular formula is C24H22ClFN4O2. The van der Waals surface area contributed by atoms with Gasteiger partial charge < -0.3 is 9.47 Å². The number of rotatable bonds is 5. The van der Waals surface area contributed by atoms with Crippen LogP contribution in [-0.4, -0.2) is 45.6 Å². The Hall–Kier alpha value is -3.45. The maximum absolute atomic E-state index is 14.0. The average molecular weight is 453 g/mol. The third-order valence-corrected chi connectivity index (χ3v) is 5.74. The van der Waals surface area contributed by atoms with E-state index in [2.05, 4.69) is 5.10 Å². The van der Waals surface area contributed by atoms with Gasteiger partial charge in [0.1, 0.15) is 12.4 Å². The first-order chi connectivity index (χ1) is 15.3. The van der Waals surface area contributed by atoms with Crippen molar-refractivity contribution in [1.29, 1.82) is 0 Å². The monoisotopic (exact) mass is 452 g/mol. The highest BCUT2D eigenvalue weighted by Gasteiger charge is 2.34. The first-order valence-corrected chi connectivity index (χ1v) is 10.5. The van der Waals surface area contributed by atoms with Crippen LogP contribution in [-0.2, 0) is 11.8 Å². The molecule has 8 heteroatoms. The molecule has 2 amide bonds. The Bertz CT molecular complexity index is 1190. The van der Waals surface area contributed by atoms with Crippen LogP contribution in [0.15, 0.2) is 72.0 Å². The number of carbonyl (C=O) groups is 2. The van der Waals surface area contributed by atoms with Gasteiger partial charge in [0.15, 0.2) is 0 Å². The van der Waals surface area contributed by atoms with Gasteiger partial charge in [-0.1, -0.05) is 35.9 Å². The number of aromatic nitrogens is 1. The molecule has 0 bridgehead atoms. The lowest BCUT2D eigenvalue weighted by Crippen LogP contribution is -2.39. The second kappa shape index (κ2) is 8.96. The van der Waals surface area contributed by atoms with E-state index in [0.717, 1.165) is 17.0 Å². The summed E-state index contributed by atoms with van der Waals surface area (Å²) in [6, 6.07) is 16.5. The molecule has 0 unspecified atom stereocenters. The van der Waals surface area contributed by atoms with Crippen molar-refractivity contribution in [3.8, 4) is 0 Å². The number of carbonyl (C=O) groups excluding carboxylic acids is 2. The third kappa shape index (κ3) is 4.29. The summed E-state index contributed by atoms with van der Waals surface area (Å²) >= 11 is 6.04. The summed E-state index contributed by atoms with van der Waals surface area (Å²) in [5, 5.41) is 6.62. The fourth-order valence-corrected chi connectivity index (χ4v) is 3.91. The van der Waals surface area contributed by atoms with Crippen molar-refractivity contribution in [2.75, 3.05) is 13.6 Å². The first kappa shape index (κ1) is 21.8. The van der Waals surface area contributed by atoms with Gasteiger partial charge >= 0.3 is 0 Å². The SMILES string of the molecule is CN(CC(=O)N1N=C(c2cccn2C)C[C@H]1c1ccc(Cl)cc1)C(=O)c1ccccc1F. The lowest BCUT2D eigenvalue weighted by atomic mass is 10.0. The van der Waals surface area contributed by atoms with Crippen molar-refractivity contribution >= 4 is 29.1 Å². The molecule has 0 N–H and O–H groups in total. The van der Waals surface area contributed by atoms with Crippen LogP contribution in [0.2, 0.25) is 5.02 Å². The second-order valence-electron chi connectivity index (χ2n) is 7.70. The standard InChI is InChI=1S/C24H22ClFN4O2/c1-28-13-5-8-21(28)20-14-22(16-9-11-17(25)12-10-16)30(27-20)23(31)15-29(2)24(32)18-6-3-4-7-19(18)26/h3-13,22H,14-15H2,1-2H3/t22-/m0/s1. The molecule has 2 heterocycles. The summed E-state index contributed by atoms with van der Waals surface area (Å²) in [5.41, 5.74) is 2.49. The summed E-state index contributed by atoms with van der Waals surface area (Å²) in [6.45, 7) is -0.235. The Labute approximate surface area is 190 Å². The molecule has 0 fully saturated rings. The molecule has 0 aliphatic carbocycles. The number of hydrogen-bond donors (Lipinski definition) is 0. The van der Waals surface area contributed by atoms with Gasteiger partial charge in [-0.3, -0.25) is 9.59 Å². The molecule has 4 rings (SSSR count). The Kier molecular flexibility index (Phi) is 6.10. The van der Waals surface area contributed by atoms with E-state index in [1.165, 1.54) is 35.2 Å². The van der Waals surface area contributed by atoms with E-state index in [4.69, 9.17) is 11.6 Å². The van der Waals surface area contributed by atoms with E-state index < -0.39 is 11.7 Å². The van der Waals surface area contributed by atoms with Crippen molar-refractivity contribution in [2.24, 2.45) is 12.1 Å². The molecule has 1 aliphatic rings. The molecular weight excluding hydrogens is 431 g/mol. The van der Waals surface area contributed by atoms with Gasteiger partial charge in [0.05, 0.1) is 23.0 Å². The summed E-state index contributed by atoms with van der Waals surface area (Å²) in [7, 11) is 3.39. The maximum Gasteiger partial charge on any atom is 0.262 e. The number of likely N-dealkylation sites (N-methyl/N-ethyl adjacent to an activating group) is 1. The minimum Gasteiger partial charge on any atom is -0.350 e. The number of nitrogens with zero attached hydrogens (tertiary/aromatic N) is 4. The zero-order chi connectivity index (χ0) is 22.8. The zero-order valence-electron chi connectivity index (χ0n) is 17.7. The van der Waals surface area contributed by atoms with Crippen LogP contribution in [0.3, 0.4) is 0 Å². The van der Waals surface area contributed by atoms with Crippen molar-refractivity contribution in [3.63, 3.8) is 0 Å². The van der Waals surface area contributed by atoms with Gasteiger partial charge in [0.25, 0.3) is 11.8 Å². The first-order valence-electron chi connectivity index (χ1n) is 10.1. The largest absolute Gasteiger partial charge is 0.350 e. The highest BCUT2D eigenvalue weighted by molar-refractivity contribution is 6.30. The van der Waals surface area contributed by atoms with Crippen molar-refractivity contribution in [3.05, 3.63) is 94.5 Å². The van der Waals surface area contributed by atoms with Crippen LogP contribution >= 0.6 is 11.6 Å².